The number of aromatic nitrogens is 2. The fourth-order valence-corrected chi connectivity index (χ4v) is 5.53. The number of para-hydroxylation sites is 1. The predicted octanol–water partition coefficient (Wildman–Crippen LogP) is 3.78. The molecular formula is C24H24N4O4S. The Morgan fingerprint density at radius 2 is 1.67 bits per heavy atom. The molecule has 170 valence electrons. The summed E-state index contributed by atoms with van der Waals surface area (Å²) in [4.78, 5) is 28.0. The van der Waals surface area contributed by atoms with Gasteiger partial charge in [0, 0.05) is 42.0 Å². The molecule has 0 saturated carbocycles. The van der Waals surface area contributed by atoms with E-state index in [1.165, 1.54) is 4.57 Å². The maximum Gasteiger partial charge on any atom is 0.261 e. The Kier molecular flexibility index (Phi) is 4.82. The summed E-state index contributed by atoms with van der Waals surface area (Å²) in [6, 6.07) is 11.0. The molecule has 1 amide bonds. The minimum Gasteiger partial charge on any atom is -0.497 e. The number of nitrogens with one attached hydrogen (secondary N) is 2. The molecule has 1 spiro atoms. The summed E-state index contributed by atoms with van der Waals surface area (Å²) >= 11 is 5.66. The van der Waals surface area contributed by atoms with Crippen molar-refractivity contribution in [2.75, 3.05) is 24.9 Å². The number of amides is 1. The maximum atomic E-state index is 14.0. The van der Waals surface area contributed by atoms with Gasteiger partial charge in [-0.1, -0.05) is 18.2 Å². The monoisotopic (exact) mass is 464 g/mol. The first-order valence-electron chi connectivity index (χ1n) is 10.8. The highest BCUT2D eigenvalue weighted by molar-refractivity contribution is 7.71. The first-order valence-corrected chi connectivity index (χ1v) is 11.2. The second kappa shape index (κ2) is 7.48. The summed E-state index contributed by atoms with van der Waals surface area (Å²) in [5.41, 5.74) is 1.16. The van der Waals surface area contributed by atoms with Crippen molar-refractivity contribution in [2.45, 2.75) is 32.4 Å². The van der Waals surface area contributed by atoms with Crippen molar-refractivity contribution in [1.82, 2.24) is 9.13 Å². The fraction of sp³-hybridized carbons (Fsp3) is 0.292. The van der Waals surface area contributed by atoms with Gasteiger partial charge in [-0.15, -0.1) is 0 Å². The molecule has 33 heavy (non-hydrogen) atoms. The average molecular weight is 465 g/mol. The lowest BCUT2D eigenvalue weighted by Crippen LogP contribution is -2.47. The number of nitrogens with zero attached hydrogens (tertiary/aromatic N) is 2. The van der Waals surface area contributed by atoms with E-state index in [4.69, 9.17) is 21.7 Å². The molecule has 1 aromatic heterocycles. The number of ether oxygens (including phenoxy) is 2. The summed E-state index contributed by atoms with van der Waals surface area (Å²) < 4.78 is 15.0. The van der Waals surface area contributed by atoms with Crippen molar-refractivity contribution in [3.05, 3.63) is 68.2 Å². The molecule has 2 aliphatic rings. The van der Waals surface area contributed by atoms with Crippen LogP contribution in [0.1, 0.15) is 30.5 Å². The van der Waals surface area contributed by atoms with E-state index in [1.807, 2.05) is 42.7 Å². The SMILES string of the molecule is CCn1c2c(c(=O)n(CC)c1=S)[C@@]1(C(=O)Nc3cc(OC)cc(OC)c31)c1ccccc1N2. The lowest BCUT2D eigenvalue weighted by molar-refractivity contribution is -0.118. The molecular weight excluding hydrogens is 440 g/mol. The first kappa shape index (κ1) is 21.3. The highest BCUT2D eigenvalue weighted by Crippen LogP contribution is 2.57. The average Bonchev–Trinajstić information content (AvgIpc) is 3.11. The molecule has 2 aliphatic heterocycles. The maximum absolute atomic E-state index is 14.0. The van der Waals surface area contributed by atoms with Gasteiger partial charge in [0.15, 0.2) is 4.77 Å². The van der Waals surface area contributed by atoms with Gasteiger partial charge in [-0.25, -0.2) is 0 Å². The number of hydrogen-bond donors (Lipinski definition) is 2. The van der Waals surface area contributed by atoms with Gasteiger partial charge < -0.3 is 24.7 Å². The minimum absolute atomic E-state index is 0.301. The highest BCUT2D eigenvalue weighted by Gasteiger charge is 2.58. The second-order valence-corrected chi connectivity index (χ2v) is 8.29. The number of methoxy groups -OCH3 is 2. The van der Waals surface area contributed by atoms with Crippen molar-refractivity contribution in [3.8, 4) is 11.5 Å². The Labute approximate surface area is 195 Å². The lowest BCUT2D eigenvalue weighted by atomic mass is 9.68. The number of carbonyl (C=O) groups is 1. The van der Waals surface area contributed by atoms with Crippen LogP contribution in [0.5, 0.6) is 11.5 Å². The summed E-state index contributed by atoms with van der Waals surface area (Å²) in [5, 5.41) is 6.39. The summed E-state index contributed by atoms with van der Waals surface area (Å²) in [7, 11) is 3.10. The van der Waals surface area contributed by atoms with Crippen molar-refractivity contribution < 1.29 is 14.3 Å². The number of anilines is 3. The molecule has 1 atom stereocenters. The molecule has 8 nitrogen and oxygen atoms in total. The molecule has 0 saturated heterocycles. The van der Waals surface area contributed by atoms with Crippen molar-refractivity contribution in [1.29, 1.82) is 0 Å². The molecule has 0 fully saturated rings. The zero-order chi connectivity index (χ0) is 23.5. The molecule has 0 bridgehead atoms. The van der Waals surface area contributed by atoms with Crippen LogP contribution >= 0.6 is 12.2 Å². The molecule has 2 aromatic carbocycles. The molecule has 0 unspecified atom stereocenters. The van der Waals surface area contributed by atoms with E-state index in [0.29, 0.717) is 57.6 Å². The zero-order valence-electron chi connectivity index (χ0n) is 18.8. The summed E-state index contributed by atoms with van der Waals surface area (Å²) in [6.07, 6.45) is 0. The molecule has 0 aliphatic carbocycles. The Balaban J connectivity index is 2.04. The highest BCUT2D eigenvalue weighted by atomic mass is 32.1. The largest absolute Gasteiger partial charge is 0.497 e. The second-order valence-electron chi connectivity index (χ2n) is 7.93. The number of fused-ring (bicyclic) bond motifs is 6. The van der Waals surface area contributed by atoms with E-state index >= 15 is 0 Å². The summed E-state index contributed by atoms with van der Waals surface area (Å²) in [6.45, 7) is 4.75. The molecule has 3 aromatic rings. The molecule has 9 heteroatoms. The smallest absolute Gasteiger partial charge is 0.261 e. The zero-order valence-corrected chi connectivity index (χ0v) is 19.6. The van der Waals surface area contributed by atoms with Crippen LogP contribution in [0.15, 0.2) is 41.2 Å². The van der Waals surface area contributed by atoms with Crippen LogP contribution in [0.25, 0.3) is 0 Å². The van der Waals surface area contributed by atoms with E-state index < -0.39 is 5.41 Å². The fourth-order valence-electron chi connectivity index (χ4n) is 5.10. The van der Waals surface area contributed by atoms with Crippen LogP contribution in [0.4, 0.5) is 17.2 Å². The van der Waals surface area contributed by atoms with Gasteiger partial charge in [0.2, 0.25) is 5.91 Å². The Bertz CT molecular complexity index is 1440. The van der Waals surface area contributed by atoms with Crippen LogP contribution < -0.4 is 25.7 Å². The van der Waals surface area contributed by atoms with Crippen LogP contribution in [-0.4, -0.2) is 29.3 Å². The summed E-state index contributed by atoms with van der Waals surface area (Å²) in [5.74, 6) is 1.20. The molecule has 5 rings (SSSR count). The number of rotatable bonds is 4. The number of hydrogen-bond acceptors (Lipinski definition) is 6. The normalized spacial score (nSPS) is 17.6. The molecule has 2 N–H and O–H groups in total. The Morgan fingerprint density at radius 1 is 0.939 bits per heavy atom. The topological polar surface area (TPSA) is 86.5 Å². The number of carbonyl (C=O) groups excluding carboxylic acids is 1. The Morgan fingerprint density at radius 3 is 2.33 bits per heavy atom. The molecule has 3 heterocycles. The Hall–Kier alpha value is -3.59. The van der Waals surface area contributed by atoms with Crippen LogP contribution in [0, 0.1) is 4.77 Å². The standard InChI is InChI=1S/C24H24N4O4S/c1-5-27-20-19(21(29)28(6-2)23(27)33)24(14-9-7-8-10-15(14)25-20)18-16(26-22(24)30)11-13(31-3)12-17(18)32-4/h7-12,25H,5-6H2,1-4H3,(H,26,30)/t24-/m1/s1. The van der Waals surface area contributed by atoms with Gasteiger partial charge in [-0.3, -0.25) is 14.2 Å². The van der Waals surface area contributed by atoms with E-state index in [0.717, 1.165) is 5.69 Å². The van der Waals surface area contributed by atoms with Gasteiger partial charge in [0.05, 0.1) is 25.5 Å². The van der Waals surface area contributed by atoms with Crippen molar-refractivity contribution >= 4 is 35.3 Å². The van der Waals surface area contributed by atoms with Crippen molar-refractivity contribution in [3.63, 3.8) is 0 Å². The minimum atomic E-state index is -1.42. The lowest BCUT2D eigenvalue weighted by Gasteiger charge is -2.38. The van der Waals surface area contributed by atoms with Crippen LogP contribution in [0.2, 0.25) is 0 Å². The van der Waals surface area contributed by atoms with Gasteiger partial charge in [-0.05, 0) is 32.1 Å². The number of benzene rings is 2. The van der Waals surface area contributed by atoms with E-state index in [2.05, 4.69) is 10.6 Å². The van der Waals surface area contributed by atoms with Gasteiger partial charge in [0.25, 0.3) is 5.56 Å². The third-order valence-corrected chi connectivity index (χ3v) is 6.96. The van der Waals surface area contributed by atoms with E-state index in [-0.39, 0.29) is 11.5 Å². The quantitative estimate of drug-likeness (QED) is 0.572. The first-order chi connectivity index (χ1) is 15.9. The van der Waals surface area contributed by atoms with Crippen molar-refractivity contribution in [2.24, 2.45) is 0 Å². The predicted molar refractivity (Wildman–Crippen MR) is 129 cm³/mol. The van der Waals surface area contributed by atoms with Crippen LogP contribution in [0.3, 0.4) is 0 Å². The third kappa shape index (κ3) is 2.59. The van der Waals surface area contributed by atoms with Gasteiger partial charge in [0.1, 0.15) is 22.7 Å². The molecule has 0 radical (unpaired) electrons. The van der Waals surface area contributed by atoms with E-state index in [1.54, 1.807) is 26.4 Å². The van der Waals surface area contributed by atoms with Gasteiger partial charge in [-0.2, -0.15) is 0 Å². The van der Waals surface area contributed by atoms with Gasteiger partial charge >= 0.3 is 0 Å². The van der Waals surface area contributed by atoms with E-state index in [9.17, 15) is 9.59 Å². The van der Waals surface area contributed by atoms with Crippen LogP contribution in [-0.2, 0) is 23.3 Å². The third-order valence-electron chi connectivity index (χ3n) is 6.51.